The van der Waals surface area contributed by atoms with E-state index in [1.165, 1.54) is 23.1 Å². The average Bonchev–Trinajstić information content (AvgIpc) is 2.69. The molecule has 2 N–H and O–H groups in total. The summed E-state index contributed by atoms with van der Waals surface area (Å²) in [5.74, 6) is -0.243. The molecule has 4 nitrogen and oxygen atoms in total. The lowest BCUT2D eigenvalue weighted by atomic mass is 10.3. The third-order valence-electron chi connectivity index (χ3n) is 1.54. The van der Waals surface area contributed by atoms with Crippen LogP contribution in [-0.2, 0) is 4.79 Å². The molecule has 0 unspecified atom stereocenters. The van der Waals surface area contributed by atoms with Gasteiger partial charge in [0.25, 0.3) is 5.91 Å². The lowest BCUT2D eigenvalue weighted by Gasteiger charge is -2.02. The van der Waals surface area contributed by atoms with E-state index >= 15 is 0 Å². The Morgan fingerprint density at radius 3 is 2.93 bits per heavy atom. The second kappa shape index (κ2) is 6.47. The van der Waals surface area contributed by atoms with E-state index in [2.05, 4.69) is 5.32 Å². The lowest BCUT2D eigenvalue weighted by Crippen LogP contribution is -2.25. The maximum Gasteiger partial charge on any atom is 0.313 e. The van der Waals surface area contributed by atoms with Crippen molar-refractivity contribution in [2.24, 2.45) is 0 Å². The minimum absolute atomic E-state index is 0.0777. The number of thiophene rings is 1. The molecular weight excluding hydrogens is 234 g/mol. The summed E-state index contributed by atoms with van der Waals surface area (Å²) >= 11 is 2.76. The monoisotopic (exact) mass is 245 g/mol. The summed E-state index contributed by atoms with van der Waals surface area (Å²) in [6, 6.07) is 1.75. The third-order valence-corrected chi connectivity index (χ3v) is 3.17. The fourth-order valence-corrected chi connectivity index (χ4v) is 2.09. The van der Waals surface area contributed by atoms with Gasteiger partial charge in [-0.15, -0.1) is 11.8 Å². The molecule has 0 fully saturated rings. The van der Waals surface area contributed by atoms with Gasteiger partial charge in [0.1, 0.15) is 0 Å². The molecule has 1 amide bonds. The Balaban J connectivity index is 2.10. The predicted octanol–water partition coefficient (Wildman–Crippen LogP) is 1.30. The molecule has 0 aliphatic heterocycles. The number of nitrogens with one attached hydrogen (secondary N) is 1. The molecule has 1 heterocycles. The molecule has 6 heteroatoms. The van der Waals surface area contributed by atoms with Crippen molar-refractivity contribution in [3.05, 3.63) is 22.4 Å². The van der Waals surface area contributed by atoms with Crippen LogP contribution in [0.1, 0.15) is 10.4 Å². The zero-order valence-electron chi connectivity index (χ0n) is 7.93. The van der Waals surface area contributed by atoms with Gasteiger partial charge in [-0.2, -0.15) is 11.3 Å². The van der Waals surface area contributed by atoms with Crippen molar-refractivity contribution in [2.75, 3.05) is 18.1 Å². The van der Waals surface area contributed by atoms with E-state index in [1.54, 1.807) is 11.4 Å². The molecule has 82 valence electrons. The van der Waals surface area contributed by atoms with E-state index in [0.717, 1.165) is 0 Å². The van der Waals surface area contributed by atoms with Gasteiger partial charge in [0.05, 0.1) is 5.75 Å². The van der Waals surface area contributed by atoms with Crippen LogP contribution in [0.3, 0.4) is 0 Å². The largest absolute Gasteiger partial charge is 0.481 e. The minimum Gasteiger partial charge on any atom is -0.481 e. The van der Waals surface area contributed by atoms with Gasteiger partial charge in [-0.25, -0.2) is 0 Å². The Morgan fingerprint density at radius 2 is 2.33 bits per heavy atom. The third kappa shape index (κ3) is 4.85. The molecule has 0 spiro atoms. The molecule has 1 rings (SSSR count). The summed E-state index contributed by atoms with van der Waals surface area (Å²) in [7, 11) is 0. The second-order valence-corrected chi connectivity index (χ2v) is 4.60. The number of aliphatic carboxylic acids is 1. The van der Waals surface area contributed by atoms with E-state index in [0.29, 0.717) is 17.9 Å². The van der Waals surface area contributed by atoms with Crippen LogP contribution in [-0.4, -0.2) is 35.0 Å². The number of carbonyl (C=O) groups excluding carboxylic acids is 1. The number of amides is 1. The van der Waals surface area contributed by atoms with E-state index in [1.807, 2.05) is 5.38 Å². The number of thioether (sulfide) groups is 1. The van der Waals surface area contributed by atoms with Gasteiger partial charge >= 0.3 is 5.97 Å². The quantitative estimate of drug-likeness (QED) is 0.741. The van der Waals surface area contributed by atoms with E-state index in [-0.39, 0.29) is 11.7 Å². The van der Waals surface area contributed by atoms with Crippen LogP contribution in [0, 0.1) is 0 Å². The van der Waals surface area contributed by atoms with Crippen LogP contribution in [0.2, 0.25) is 0 Å². The summed E-state index contributed by atoms with van der Waals surface area (Å²) in [5.41, 5.74) is 0.656. The molecule has 0 radical (unpaired) electrons. The van der Waals surface area contributed by atoms with Crippen molar-refractivity contribution < 1.29 is 14.7 Å². The first kappa shape index (κ1) is 12.1. The van der Waals surface area contributed by atoms with Crippen molar-refractivity contribution >= 4 is 35.0 Å². The van der Waals surface area contributed by atoms with Crippen LogP contribution in [0.25, 0.3) is 0 Å². The Kier molecular flexibility index (Phi) is 5.20. The maximum atomic E-state index is 11.4. The zero-order valence-corrected chi connectivity index (χ0v) is 9.57. The highest BCUT2D eigenvalue weighted by molar-refractivity contribution is 7.99. The first-order valence-corrected chi connectivity index (χ1v) is 6.40. The first-order valence-electron chi connectivity index (χ1n) is 4.30. The summed E-state index contributed by atoms with van der Waals surface area (Å²) in [4.78, 5) is 21.5. The zero-order chi connectivity index (χ0) is 11.1. The van der Waals surface area contributed by atoms with Crippen LogP contribution in [0.5, 0.6) is 0 Å². The fraction of sp³-hybridized carbons (Fsp3) is 0.333. The van der Waals surface area contributed by atoms with Gasteiger partial charge in [-0.05, 0) is 11.4 Å². The summed E-state index contributed by atoms with van der Waals surface area (Å²) < 4.78 is 0. The molecular formula is C9H11NO3S2. The number of rotatable bonds is 6. The van der Waals surface area contributed by atoms with Gasteiger partial charge < -0.3 is 10.4 Å². The lowest BCUT2D eigenvalue weighted by molar-refractivity contribution is -0.133. The molecule has 0 atom stereocenters. The first-order chi connectivity index (χ1) is 7.20. The highest BCUT2D eigenvalue weighted by Gasteiger charge is 2.04. The van der Waals surface area contributed by atoms with Crippen LogP contribution < -0.4 is 5.32 Å². The molecule has 0 aliphatic rings. The number of carbonyl (C=O) groups is 2. The topological polar surface area (TPSA) is 66.4 Å². The Bertz CT molecular complexity index is 324. The average molecular weight is 245 g/mol. The van der Waals surface area contributed by atoms with Gasteiger partial charge in [0.15, 0.2) is 0 Å². The summed E-state index contributed by atoms with van der Waals surface area (Å²) in [6.45, 7) is 0.493. The summed E-state index contributed by atoms with van der Waals surface area (Å²) in [5, 5.41) is 14.7. The van der Waals surface area contributed by atoms with Gasteiger partial charge in [0.2, 0.25) is 0 Å². The molecule has 0 saturated carbocycles. The standard InChI is InChI=1S/C9H11NO3S2/c11-8(12)6-15-4-2-10-9(13)7-1-3-14-5-7/h1,3,5H,2,4,6H2,(H,10,13)(H,11,12). The molecule has 1 aromatic rings. The number of carboxylic acids is 1. The molecule has 0 saturated heterocycles. The highest BCUT2D eigenvalue weighted by atomic mass is 32.2. The van der Waals surface area contributed by atoms with Crippen molar-refractivity contribution in [3.8, 4) is 0 Å². The Labute approximate surface area is 95.7 Å². The van der Waals surface area contributed by atoms with Crippen LogP contribution in [0.4, 0.5) is 0 Å². The number of hydrogen-bond donors (Lipinski definition) is 2. The number of hydrogen-bond acceptors (Lipinski definition) is 4. The molecule has 0 aromatic carbocycles. The second-order valence-electron chi connectivity index (χ2n) is 2.71. The molecule has 15 heavy (non-hydrogen) atoms. The van der Waals surface area contributed by atoms with Gasteiger partial charge in [-0.1, -0.05) is 0 Å². The smallest absolute Gasteiger partial charge is 0.313 e. The SMILES string of the molecule is O=C(O)CSCCNC(=O)c1ccsc1. The van der Waals surface area contributed by atoms with E-state index in [9.17, 15) is 9.59 Å². The molecule has 0 aliphatic carbocycles. The number of carboxylic acid groups (broad SMARTS) is 1. The van der Waals surface area contributed by atoms with Crippen molar-refractivity contribution in [1.29, 1.82) is 0 Å². The maximum absolute atomic E-state index is 11.4. The van der Waals surface area contributed by atoms with Gasteiger partial charge in [0, 0.05) is 23.2 Å². The summed E-state index contributed by atoms with van der Waals surface area (Å²) in [6.07, 6.45) is 0. The highest BCUT2D eigenvalue weighted by Crippen LogP contribution is 2.05. The van der Waals surface area contributed by atoms with E-state index < -0.39 is 5.97 Å². The fourth-order valence-electron chi connectivity index (χ4n) is 0.892. The Morgan fingerprint density at radius 1 is 1.53 bits per heavy atom. The predicted molar refractivity (Wildman–Crippen MR) is 61.6 cm³/mol. The molecule has 1 aromatic heterocycles. The van der Waals surface area contributed by atoms with Crippen molar-refractivity contribution in [3.63, 3.8) is 0 Å². The minimum atomic E-state index is -0.829. The van der Waals surface area contributed by atoms with E-state index in [4.69, 9.17) is 5.11 Å². The van der Waals surface area contributed by atoms with Crippen molar-refractivity contribution in [2.45, 2.75) is 0 Å². The Hall–Kier alpha value is -1.01. The van der Waals surface area contributed by atoms with Crippen LogP contribution >= 0.6 is 23.1 Å². The van der Waals surface area contributed by atoms with Gasteiger partial charge in [-0.3, -0.25) is 9.59 Å². The molecule has 0 bridgehead atoms. The van der Waals surface area contributed by atoms with Crippen LogP contribution in [0.15, 0.2) is 16.8 Å². The van der Waals surface area contributed by atoms with Crippen molar-refractivity contribution in [1.82, 2.24) is 5.32 Å². The normalized spacial score (nSPS) is 9.87.